The van der Waals surface area contributed by atoms with Crippen molar-refractivity contribution in [3.05, 3.63) is 84.4 Å². The zero-order chi connectivity index (χ0) is 19.5. The van der Waals surface area contributed by atoms with Gasteiger partial charge in [-0.25, -0.2) is 8.42 Å². The maximum atomic E-state index is 12.6. The molecule has 27 heavy (non-hydrogen) atoms. The van der Waals surface area contributed by atoms with E-state index < -0.39 is 20.1 Å². The fourth-order valence-electron chi connectivity index (χ4n) is 2.34. The molecule has 0 aliphatic carbocycles. The van der Waals surface area contributed by atoms with E-state index in [9.17, 15) is 16.8 Å². The number of hydrogen-bond donors (Lipinski definition) is 1. The van der Waals surface area contributed by atoms with Gasteiger partial charge >= 0.3 is 10.1 Å². The summed E-state index contributed by atoms with van der Waals surface area (Å²) in [4.78, 5) is 0.0332. The van der Waals surface area contributed by atoms with Crippen molar-refractivity contribution in [1.29, 1.82) is 0 Å². The van der Waals surface area contributed by atoms with Gasteiger partial charge in [-0.15, -0.1) is 0 Å². The zero-order valence-electron chi connectivity index (χ0n) is 14.4. The van der Waals surface area contributed by atoms with Crippen LogP contribution in [0.5, 0.6) is 5.75 Å². The van der Waals surface area contributed by atoms with E-state index >= 15 is 0 Å². The largest absolute Gasteiger partial charge is 0.377 e. The molecule has 1 N–H and O–H groups in total. The molecule has 0 aromatic heterocycles. The predicted molar refractivity (Wildman–Crippen MR) is 103 cm³/mol. The molecule has 0 spiro atoms. The van der Waals surface area contributed by atoms with E-state index in [4.69, 9.17) is 4.18 Å². The van der Waals surface area contributed by atoms with Crippen LogP contribution in [-0.4, -0.2) is 16.8 Å². The van der Waals surface area contributed by atoms with E-state index in [1.165, 1.54) is 36.4 Å². The van der Waals surface area contributed by atoms with Crippen molar-refractivity contribution in [2.75, 3.05) is 4.72 Å². The number of sulfonamides is 1. The maximum Gasteiger partial charge on any atom is 0.339 e. The fraction of sp³-hybridized carbons (Fsp3) is 0.0526. The van der Waals surface area contributed by atoms with E-state index in [-0.39, 0.29) is 21.2 Å². The lowest BCUT2D eigenvalue weighted by molar-refractivity contribution is 0.486. The van der Waals surface area contributed by atoms with Crippen LogP contribution in [-0.2, 0) is 20.1 Å². The highest BCUT2D eigenvalue weighted by Crippen LogP contribution is 2.30. The highest BCUT2D eigenvalue weighted by Gasteiger charge is 2.21. The highest BCUT2D eigenvalue weighted by molar-refractivity contribution is 7.92. The lowest BCUT2D eigenvalue weighted by Crippen LogP contribution is -2.16. The van der Waals surface area contributed by atoms with Gasteiger partial charge in [-0.1, -0.05) is 42.5 Å². The standard InChI is InChI=1S/C19H17NO5S2/c1-15-12-13-18(20-26(21,22)16-8-4-2-5-9-16)19(14-15)25-27(23,24)17-10-6-3-7-11-17/h2-14,20H,1H3. The second-order valence-electron chi connectivity index (χ2n) is 5.77. The summed E-state index contributed by atoms with van der Waals surface area (Å²) in [7, 11) is -8.00. The summed E-state index contributed by atoms with van der Waals surface area (Å²) < 4.78 is 57.7. The minimum absolute atomic E-state index is 0.0247. The molecule has 0 bridgehead atoms. The van der Waals surface area contributed by atoms with Crippen molar-refractivity contribution in [3.63, 3.8) is 0 Å². The molecule has 0 heterocycles. The van der Waals surface area contributed by atoms with Gasteiger partial charge in [-0.2, -0.15) is 8.42 Å². The monoisotopic (exact) mass is 403 g/mol. The smallest absolute Gasteiger partial charge is 0.339 e. The van der Waals surface area contributed by atoms with Crippen LogP contribution in [0.3, 0.4) is 0 Å². The number of benzene rings is 3. The second-order valence-corrected chi connectivity index (χ2v) is 9.00. The van der Waals surface area contributed by atoms with Crippen LogP contribution in [0, 0.1) is 6.92 Å². The first kappa shape index (κ1) is 18.9. The van der Waals surface area contributed by atoms with Gasteiger partial charge in [0.05, 0.1) is 10.6 Å². The normalized spacial score (nSPS) is 11.7. The van der Waals surface area contributed by atoms with Crippen LogP contribution in [0.25, 0.3) is 0 Å². The van der Waals surface area contributed by atoms with Crippen molar-refractivity contribution < 1.29 is 21.0 Å². The van der Waals surface area contributed by atoms with Crippen LogP contribution in [0.1, 0.15) is 5.56 Å². The molecule has 0 saturated carbocycles. The van der Waals surface area contributed by atoms with Crippen molar-refractivity contribution in [1.82, 2.24) is 0 Å². The Bertz CT molecular complexity index is 1140. The number of anilines is 1. The predicted octanol–water partition coefficient (Wildman–Crippen LogP) is 3.56. The Morgan fingerprint density at radius 3 is 1.89 bits per heavy atom. The quantitative estimate of drug-likeness (QED) is 0.636. The average molecular weight is 403 g/mol. The van der Waals surface area contributed by atoms with Gasteiger partial charge in [-0.3, -0.25) is 4.72 Å². The first-order chi connectivity index (χ1) is 12.8. The molecule has 3 rings (SSSR count). The molecular weight excluding hydrogens is 386 g/mol. The third-order valence-electron chi connectivity index (χ3n) is 3.67. The zero-order valence-corrected chi connectivity index (χ0v) is 16.0. The summed E-state index contributed by atoms with van der Waals surface area (Å²) in [5.41, 5.74) is 0.750. The first-order valence-electron chi connectivity index (χ1n) is 7.96. The molecule has 0 radical (unpaired) electrons. The van der Waals surface area contributed by atoms with E-state index in [1.54, 1.807) is 49.4 Å². The first-order valence-corrected chi connectivity index (χ1v) is 10.9. The number of rotatable bonds is 6. The van der Waals surface area contributed by atoms with E-state index in [2.05, 4.69) is 4.72 Å². The Labute approximate surface area is 158 Å². The van der Waals surface area contributed by atoms with Crippen LogP contribution in [0.15, 0.2) is 88.7 Å². The molecular formula is C19H17NO5S2. The highest BCUT2D eigenvalue weighted by atomic mass is 32.2. The lowest BCUT2D eigenvalue weighted by atomic mass is 10.2. The van der Waals surface area contributed by atoms with Gasteiger partial charge in [0, 0.05) is 0 Å². The maximum absolute atomic E-state index is 12.6. The summed E-state index contributed by atoms with van der Waals surface area (Å²) in [6, 6.07) is 20.0. The van der Waals surface area contributed by atoms with Crippen molar-refractivity contribution in [2.24, 2.45) is 0 Å². The molecule has 0 atom stereocenters. The minimum atomic E-state index is -4.11. The molecule has 8 heteroatoms. The summed E-state index contributed by atoms with van der Waals surface area (Å²) in [5.74, 6) is -0.0987. The molecule has 3 aromatic carbocycles. The summed E-state index contributed by atoms with van der Waals surface area (Å²) in [6.07, 6.45) is 0. The molecule has 0 aliphatic heterocycles. The number of aryl methyl sites for hydroxylation is 1. The van der Waals surface area contributed by atoms with E-state index in [0.717, 1.165) is 5.56 Å². The number of nitrogens with one attached hydrogen (secondary N) is 1. The Morgan fingerprint density at radius 1 is 0.741 bits per heavy atom. The fourth-order valence-corrected chi connectivity index (χ4v) is 4.39. The van der Waals surface area contributed by atoms with Crippen LogP contribution in [0.4, 0.5) is 5.69 Å². The van der Waals surface area contributed by atoms with Gasteiger partial charge in [0.1, 0.15) is 4.90 Å². The molecule has 0 unspecified atom stereocenters. The lowest BCUT2D eigenvalue weighted by Gasteiger charge is -2.14. The SMILES string of the molecule is Cc1ccc(NS(=O)(=O)c2ccccc2)c(OS(=O)(=O)c2ccccc2)c1. The molecule has 0 amide bonds. The van der Waals surface area contributed by atoms with Crippen LogP contribution in [0.2, 0.25) is 0 Å². The minimum Gasteiger partial charge on any atom is -0.377 e. The third-order valence-corrected chi connectivity index (χ3v) is 6.30. The molecule has 3 aromatic rings. The van der Waals surface area contributed by atoms with Gasteiger partial charge < -0.3 is 4.18 Å². The van der Waals surface area contributed by atoms with Gasteiger partial charge in [0.2, 0.25) is 0 Å². The molecule has 140 valence electrons. The van der Waals surface area contributed by atoms with Crippen molar-refractivity contribution >= 4 is 25.8 Å². The third kappa shape index (κ3) is 4.47. The average Bonchev–Trinajstić information content (AvgIpc) is 2.65. The van der Waals surface area contributed by atoms with E-state index in [0.29, 0.717) is 0 Å². The van der Waals surface area contributed by atoms with Crippen molar-refractivity contribution in [3.8, 4) is 5.75 Å². The van der Waals surface area contributed by atoms with Crippen molar-refractivity contribution in [2.45, 2.75) is 16.7 Å². The topological polar surface area (TPSA) is 89.5 Å². The Hall–Kier alpha value is -2.84. The van der Waals surface area contributed by atoms with Gasteiger partial charge in [0.25, 0.3) is 10.0 Å². The van der Waals surface area contributed by atoms with Crippen LogP contribution >= 0.6 is 0 Å². The number of hydrogen-bond acceptors (Lipinski definition) is 5. The van der Waals surface area contributed by atoms with Gasteiger partial charge in [-0.05, 0) is 48.9 Å². The molecule has 0 saturated heterocycles. The van der Waals surface area contributed by atoms with E-state index in [1.807, 2.05) is 0 Å². The van der Waals surface area contributed by atoms with Crippen LogP contribution < -0.4 is 8.91 Å². The Morgan fingerprint density at radius 2 is 1.30 bits per heavy atom. The molecule has 0 fully saturated rings. The molecule has 6 nitrogen and oxygen atoms in total. The van der Waals surface area contributed by atoms with Gasteiger partial charge in [0.15, 0.2) is 5.75 Å². The summed E-state index contributed by atoms with van der Waals surface area (Å²) in [5, 5.41) is 0. The summed E-state index contributed by atoms with van der Waals surface area (Å²) in [6.45, 7) is 1.75. The second kappa shape index (κ2) is 7.42. The summed E-state index contributed by atoms with van der Waals surface area (Å²) >= 11 is 0. The Balaban J connectivity index is 1.97. The molecule has 0 aliphatic rings. The Kier molecular flexibility index (Phi) is 5.20.